The monoisotopic (exact) mass is 230 g/mol. The minimum atomic E-state index is -4.58. The first-order chi connectivity index (χ1) is 5.66. The second kappa shape index (κ2) is 2.91. The van der Waals surface area contributed by atoms with Crippen molar-refractivity contribution in [1.29, 1.82) is 0 Å². The highest BCUT2D eigenvalue weighted by atomic mass is 32.2. The zero-order valence-corrected chi connectivity index (χ0v) is 8.31. The van der Waals surface area contributed by atoms with Gasteiger partial charge in [-0.1, -0.05) is 0 Å². The second-order valence-corrected chi connectivity index (χ2v) is 7.09. The fourth-order valence-corrected chi connectivity index (χ4v) is 3.59. The first-order valence-electron chi connectivity index (χ1n) is 3.56. The summed E-state index contributed by atoms with van der Waals surface area (Å²) in [5, 5.41) is 9.34. The van der Waals surface area contributed by atoms with Gasteiger partial charge in [0, 0.05) is 12.8 Å². The summed E-state index contributed by atoms with van der Waals surface area (Å²) in [4.78, 5) is -2.28. The van der Waals surface area contributed by atoms with E-state index in [0.717, 1.165) is 0 Å². The predicted octanol–water partition coefficient (Wildman–Crippen LogP) is -1.23. The van der Waals surface area contributed by atoms with Crippen molar-refractivity contribution in [3.05, 3.63) is 0 Å². The maximum absolute atomic E-state index is 10.9. The van der Waals surface area contributed by atoms with Crippen molar-refractivity contribution in [2.24, 2.45) is 0 Å². The van der Waals surface area contributed by atoms with Crippen LogP contribution in [0.2, 0.25) is 0 Å². The van der Waals surface area contributed by atoms with E-state index in [0.29, 0.717) is 0 Å². The Morgan fingerprint density at radius 3 is 1.85 bits per heavy atom. The first kappa shape index (κ1) is 10.9. The summed E-state index contributed by atoms with van der Waals surface area (Å²) in [7, 11) is -7.83. The number of aliphatic hydroxyl groups is 1. The van der Waals surface area contributed by atoms with E-state index in [1.165, 1.54) is 0 Å². The largest absolute Gasteiger partial charge is 0.372 e. The Bertz CT molecular complexity index is 377. The molecule has 0 amide bonds. The Labute approximate surface area is 76.2 Å². The molecular weight excluding hydrogens is 220 g/mol. The van der Waals surface area contributed by atoms with Gasteiger partial charge in [-0.2, -0.15) is 8.42 Å². The van der Waals surface area contributed by atoms with Crippen LogP contribution in [0.25, 0.3) is 0 Å². The van der Waals surface area contributed by atoms with E-state index in [4.69, 9.17) is 4.55 Å². The molecule has 0 aromatic carbocycles. The van der Waals surface area contributed by atoms with Crippen LogP contribution in [0, 0.1) is 0 Å². The summed E-state index contributed by atoms with van der Waals surface area (Å²) >= 11 is 0. The third kappa shape index (κ3) is 2.19. The van der Waals surface area contributed by atoms with E-state index in [1.54, 1.807) is 0 Å². The van der Waals surface area contributed by atoms with Gasteiger partial charge in [-0.3, -0.25) is 4.55 Å². The number of hydrogen-bond acceptors (Lipinski definition) is 5. The molecule has 1 heterocycles. The lowest BCUT2D eigenvalue weighted by Gasteiger charge is -2.28. The van der Waals surface area contributed by atoms with Crippen molar-refractivity contribution in [2.75, 3.05) is 11.5 Å². The molecule has 13 heavy (non-hydrogen) atoms. The van der Waals surface area contributed by atoms with Crippen LogP contribution in [-0.4, -0.2) is 42.9 Å². The lowest BCUT2D eigenvalue weighted by molar-refractivity contribution is 0.102. The van der Waals surface area contributed by atoms with Crippen molar-refractivity contribution in [1.82, 2.24) is 0 Å². The van der Waals surface area contributed by atoms with E-state index >= 15 is 0 Å². The van der Waals surface area contributed by atoms with E-state index < -0.39 is 49.2 Å². The van der Waals surface area contributed by atoms with Crippen LogP contribution >= 0.6 is 0 Å². The summed E-state index contributed by atoms with van der Waals surface area (Å²) in [6.45, 7) is 0. The quantitative estimate of drug-likeness (QED) is 0.546. The third-order valence-corrected chi connectivity index (χ3v) is 5.11. The summed E-state index contributed by atoms with van der Waals surface area (Å²) < 4.78 is 51.6. The van der Waals surface area contributed by atoms with Crippen molar-refractivity contribution in [3.8, 4) is 0 Å². The molecule has 1 aliphatic rings. The van der Waals surface area contributed by atoms with Crippen LogP contribution in [0.3, 0.4) is 0 Å². The maximum Gasteiger partial charge on any atom is 0.295 e. The van der Waals surface area contributed by atoms with Crippen LogP contribution in [0.15, 0.2) is 0 Å². The molecule has 0 aromatic heterocycles. The third-order valence-electron chi connectivity index (χ3n) is 2.09. The van der Waals surface area contributed by atoms with Crippen LogP contribution in [0.1, 0.15) is 12.8 Å². The number of hydrogen-bond donors (Lipinski definition) is 2. The van der Waals surface area contributed by atoms with E-state index in [1.807, 2.05) is 0 Å². The summed E-state index contributed by atoms with van der Waals surface area (Å²) in [5.74, 6) is -0.827. The van der Waals surface area contributed by atoms with Gasteiger partial charge in [0.15, 0.2) is 14.8 Å². The summed E-state index contributed by atoms with van der Waals surface area (Å²) in [5.41, 5.74) is 0. The van der Waals surface area contributed by atoms with Crippen molar-refractivity contribution in [2.45, 2.75) is 17.8 Å². The van der Waals surface area contributed by atoms with Crippen molar-refractivity contribution in [3.63, 3.8) is 0 Å². The molecule has 0 bridgehead atoms. The molecule has 0 spiro atoms. The van der Waals surface area contributed by atoms with Crippen LogP contribution in [0.4, 0.5) is 0 Å². The number of sulfone groups is 1. The highest BCUT2D eigenvalue weighted by molar-refractivity contribution is 7.92. The van der Waals surface area contributed by atoms with Gasteiger partial charge in [-0.05, 0) is 0 Å². The van der Waals surface area contributed by atoms with Gasteiger partial charge < -0.3 is 5.11 Å². The van der Waals surface area contributed by atoms with Gasteiger partial charge in [0.25, 0.3) is 10.1 Å². The first-order valence-corrected chi connectivity index (χ1v) is 6.82. The van der Waals surface area contributed by atoms with Crippen molar-refractivity contribution >= 4 is 20.0 Å². The van der Waals surface area contributed by atoms with Gasteiger partial charge in [0.05, 0.1) is 11.5 Å². The minimum Gasteiger partial charge on any atom is -0.372 e. The zero-order valence-electron chi connectivity index (χ0n) is 6.67. The number of rotatable bonds is 1. The van der Waals surface area contributed by atoms with E-state index in [2.05, 4.69) is 0 Å². The van der Waals surface area contributed by atoms with Crippen LogP contribution in [0.5, 0.6) is 0 Å². The lowest BCUT2D eigenvalue weighted by Crippen LogP contribution is -2.45. The summed E-state index contributed by atoms with van der Waals surface area (Å²) in [6.07, 6.45) is -0.928. The molecule has 0 aliphatic carbocycles. The smallest absolute Gasteiger partial charge is 0.295 e. The molecule has 6 nitrogen and oxygen atoms in total. The molecule has 0 aromatic rings. The normalized spacial score (nSPS) is 26.9. The van der Waals surface area contributed by atoms with E-state index in [-0.39, 0.29) is 0 Å². The second-order valence-electron chi connectivity index (χ2n) is 3.07. The molecule has 78 valence electrons. The van der Waals surface area contributed by atoms with Gasteiger partial charge >= 0.3 is 0 Å². The molecule has 0 atom stereocenters. The molecule has 8 heteroatoms. The fourth-order valence-electron chi connectivity index (χ4n) is 1.11. The Morgan fingerprint density at radius 1 is 1.15 bits per heavy atom. The van der Waals surface area contributed by atoms with Gasteiger partial charge in [-0.15, -0.1) is 0 Å². The fraction of sp³-hybridized carbons (Fsp3) is 1.00. The molecule has 0 saturated carbocycles. The molecule has 0 radical (unpaired) electrons. The maximum atomic E-state index is 10.9. The molecule has 2 N–H and O–H groups in total. The Morgan fingerprint density at radius 2 is 1.54 bits per heavy atom. The molecule has 0 unspecified atom stereocenters. The molecule has 1 rings (SSSR count). The van der Waals surface area contributed by atoms with Gasteiger partial charge in [0.1, 0.15) is 0 Å². The van der Waals surface area contributed by atoms with E-state index in [9.17, 15) is 21.9 Å². The molecule has 1 aliphatic heterocycles. The predicted molar refractivity (Wildman–Crippen MR) is 44.4 cm³/mol. The topological polar surface area (TPSA) is 109 Å². The average Bonchev–Trinajstić information content (AvgIpc) is 1.94. The van der Waals surface area contributed by atoms with Crippen molar-refractivity contribution < 1.29 is 26.5 Å². The van der Waals surface area contributed by atoms with Gasteiger partial charge in [0.2, 0.25) is 0 Å². The Hall–Kier alpha value is -0.180. The Kier molecular flexibility index (Phi) is 2.44. The molecule has 1 saturated heterocycles. The standard InChI is InChI=1S/C5H10O6S2/c6-5(13(9,10)11)1-3-12(7,8)4-2-5/h6H,1-4H2,(H,9,10,11). The summed E-state index contributed by atoms with van der Waals surface area (Å²) in [6, 6.07) is 0. The highest BCUT2D eigenvalue weighted by Crippen LogP contribution is 2.27. The average molecular weight is 230 g/mol. The lowest BCUT2D eigenvalue weighted by atomic mass is 10.2. The zero-order chi connectivity index (χ0) is 10.3. The SMILES string of the molecule is O=S1(=O)CCC(O)(S(=O)(=O)O)CC1. The van der Waals surface area contributed by atoms with Crippen LogP contribution < -0.4 is 0 Å². The minimum absolute atomic E-state index is 0.413. The van der Waals surface area contributed by atoms with Crippen LogP contribution in [-0.2, 0) is 20.0 Å². The molecule has 1 fully saturated rings. The van der Waals surface area contributed by atoms with Gasteiger partial charge in [-0.25, -0.2) is 8.42 Å². The molecular formula is C5H10O6S2. The Balaban J connectivity index is 2.92. The highest BCUT2D eigenvalue weighted by Gasteiger charge is 2.45.